The van der Waals surface area contributed by atoms with Crippen LogP contribution in [0.25, 0.3) is 5.69 Å². The van der Waals surface area contributed by atoms with E-state index >= 15 is 0 Å². The summed E-state index contributed by atoms with van der Waals surface area (Å²) in [4.78, 5) is 12.7. The number of ether oxygens (including phenoxy) is 2. The predicted octanol–water partition coefficient (Wildman–Crippen LogP) is 4.47. The first kappa shape index (κ1) is 19.8. The maximum atomic E-state index is 12.7. The van der Waals surface area contributed by atoms with Crippen LogP contribution >= 0.6 is 12.2 Å². The number of hydrogen-bond acceptors (Lipinski definition) is 5. The number of carbonyl (C=O) groups is 1. The number of carbonyl (C=O) groups excluding carboxylic acids is 1. The van der Waals surface area contributed by atoms with E-state index < -0.39 is 6.29 Å². The van der Waals surface area contributed by atoms with Crippen LogP contribution in [-0.4, -0.2) is 20.8 Å². The Labute approximate surface area is 189 Å². The molecule has 7 nitrogen and oxygen atoms in total. The molecule has 0 spiro atoms. The molecule has 1 amide bonds. The molecule has 0 saturated heterocycles. The van der Waals surface area contributed by atoms with E-state index in [1.165, 1.54) is 0 Å². The lowest BCUT2D eigenvalue weighted by Gasteiger charge is -2.11. The summed E-state index contributed by atoms with van der Waals surface area (Å²) < 4.78 is 13.3. The second-order valence-corrected chi connectivity index (χ2v) is 7.42. The van der Waals surface area contributed by atoms with Crippen molar-refractivity contribution in [2.75, 3.05) is 5.32 Å². The minimum absolute atomic E-state index is 0.161. The number of thiocarbonyl (C=S) groups is 1. The zero-order chi connectivity index (χ0) is 21.9. The number of para-hydroxylation sites is 1. The third-order valence-electron chi connectivity index (χ3n) is 4.84. The average molecular weight is 443 g/mol. The molecule has 32 heavy (non-hydrogen) atoms. The average Bonchev–Trinajstić information content (AvgIpc) is 3.47. The Morgan fingerprint density at radius 1 is 0.906 bits per heavy atom. The largest absolute Gasteiger partial charge is 0.447 e. The Morgan fingerprint density at radius 3 is 2.41 bits per heavy atom. The van der Waals surface area contributed by atoms with Gasteiger partial charge in [0.1, 0.15) is 5.69 Å². The van der Waals surface area contributed by atoms with Crippen LogP contribution in [-0.2, 0) is 0 Å². The van der Waals surface area contributed by atoms with Gasteiger partial charge in [-0.15, -0.1) is 0 Å². The zero-order valence-corrected chi connectivity index (χ0v) is 17.6. The topological polar surface area (TPSA) is 77.4 Å². The number of hydrogen-bond donors (Lipinski definition) is 2. The highest BCUT2D eigenvalue weighted by molar-refractivity contribution is 7.80. The molecule has 0 fully saturated rings. The molecule has 2 heterocycles. The molecule has 1 aromatic heterocycles. The van der Waals surface area contributed by atoms with Crippen LogP contribution in [0.5, 0.6) is 11.5 Å². The summed E-state index contributed by atoms with van der Waals surface area (Å²) in [6.07, 6.45) is 1.07. The number of anilines is 1. The van der Waals surface area contributed by atoms with Crippen molar-refractivity contribution in [3.8, 4) is 17.2 Å². The van der Waals surface area contributed by atoms with Crippen LogP contribution in [0.3, 0.4) is 0 Å². The Morgan fingerprint density at radius 2 is 1.62 bits per heavy atom. The quantitative estimate of drug-likeness (QED) is 0.454. The molecule has 0 aliphatic carbocycles. The van der Waals surface area contributed by atoms with Gasteiger partial charge in [-0.1, -0.05) is 48.5 Å². The van der Waals surface area contributed by atoms with E-state index in [2.05, 4.69) is 15.7 Å². The van der Waals surface area contributed by atoms with Crippen molar-refractivity contribution in [1.29, 1.82) is 0 Å². The van der Waals surface area contributed by atoms with Crippen LogP contribution in [0.1, 0.15) is 22.3 Å². The molecular formula is C24H18N4O3S. The summed E-state index contributed by atoms with van der Waals surface area (Å²) in [5.74, 6) is 0.875. The summed E-state index contributed by atoms with van der Waals surface area (Å²) in [5.41, 5.74) is 2.75. The van der Waals surface area contributed by atoms with Crippen LogP contribution in [0.4, 0.5) is 5.69 Å². The van der Waals surface area contributed by atoms with Crippen molar-refractivity contribution in [3.05, 3.63) is 102 Å². The second-order valence-electron chi connectivity index (χ2n) is 7.01. The number of nitrogens with one attached hydrogen (secondary N) is 2. The molecule has 8 heteroatoms. The Kier molecular flexibility index (Phi) is 5.27. The standard InChI is InChI=1S/C24H18N4O3S/c29-22(19-13-14-25-28(19)18-9-5-2-6-10-18)27-24(32)26-17-11-12-20-21(15-17)31-23(30-20)16-7-3-1-4-8-16/h1-15,23H,(H2,26,27,29,32). The third kappa shape index (κ3) is 4.03. The van der Waals surface area contributed by atoms with Gasteiger partial charge in [-0.25, -0.2) is 4.68 Å². The molecule has 2 N–H and O–H groups in total. The number of nitrogens with zero attached hydrogens (tertiary/aromatic N) is 2. The summed E-state index contributed by atoms with van der Waals surface area (Å²) >= 11 is 5.33. The molecule has 158 valence electrons. The van der Waals surface area contributed by atoms with Gasteiger partial charge in [0.05, 0.1) is 11.9 Å². The van der Waals surface area contributed by atoms with Crippen molar-refractivity contribution in [3.63, 3.8) is 0 Å². The van der Waals surface area contributed by atoms with E-state index in [9.17, 15) is 4.79 Å². The first-order chi connectivity index (χ1) is 15.7. The molecule has 1 aliphatic rings. The lowest BCUT2D eigenvalue weighted by molar-refractivity contribution is 0.0487. The predicted molar refractivity (Wildman–Crippen MR) is 124 cm³/mol. The normalized spacial score (nSPS) is 14.1. The minimum Gasteiger partial charge on any atom is -0.447 e. The third-order valence-corrected chi connectivity index (χ3v) is 5.05. The SMILES string of the molecule is O=C(NC(=S)Nc1ccc2c(c1)OC(c1ccccc1)O2)c1ccnn1-c1ccccc1. The summed E-state index contributed by atoms with van der Waals surface area (Å²) in [6, 6.07) is 26.1. The van der Waals surface area contributed by atoms with Crippen molar-refractivity contribution in [1.82, 2.24) is 15.1 Å². The molecule has 1 aliphatic heterocycles. The Bertz CT molecular complexity index is 1270. The summed E-state index contributed by atoms with van der Waals surface area (Å²) in [5, 5.41) is 10.1. The van der Waals surface area contributed by atoms with E-state index in [4.69, 9.17) is 21.7 Å². The van der Waals surface area contributed by atoms with E-state index in [1.54, 1.807) is 29.1 Å². The minimum atomic E-state index is -0.494. The smallest absolute Gasteiger partial charge is 0.276 e. The molecule has 0 saturated carbocycles. The van der Waals surface area contributed by atoms with Crippen LogP contribution in [0.2, 0.25) is 0 Å². The number of rotatable bonds is 4. The number of amides is 1. The van der Waals surface area contributed by atoms with Gasteiger partial charge in [0, 0.05) is 17.3 Å². The fourth-order valence-corrected chi connectivity index (χ4v) is 3.57. The van der Waals surface area contributed by atoms with Crippen molar-refractivity contribution in [2.24, 2.45) is 0 Å². The molecule has 4 aromatic rings. The maximum Gasteiger partial charge on any atom is 0.276 e. The molecule has 1 atom stereocenters. The monoisotopic (exact) mass is 442 g/mol. The Hall–Kier alpha value is -4.17. The van der Waals surface area contributed by atoms with E-state index in [0.717, 1.165) is 11.3 Å². The van der Waals surface area contributed by atoms with Gasteiger partial charge in [0.25, 0.3) is 12.2 Å². The van der Waals surface area contributed by atoms with Gasteiger partial charge >= 0.3 is 0 Å². The number of benzene rings is 3. The zero-order valence-electron chi connectivity index (χ0n) is 16.8. The number of fused-ring (bicyclic) bond motifs is 1. The molecular weight excluding hydrogens is 424 g/mol. The van der Waals surface area contributed by atoms with Gasteiger partial charge in [0.2, 0.25) is 0 Å². The van der Waals surface area contributed by atoms with E-state index in [0.29, 0.717) is 22.9 Å². The first-order valence-corrected chi connectivity index (χ1v) is 10.3. The first-order valence-electron chi connectivity index (χ1n) is 9.91. The van der Waals surface area contributed by atoms with Gasteiger partial charge < -0.3 is 14.8 Å². The van der Waals surface area contributed by atoms with Gasteiger partial charge in [-0.2, -0.15) is 5.10 Å². The van der Waals surface area contributed by atoms with Gasteiger partial charge in [-0.3, -0.25) is 10.1 Å². The fraction of sp³-hybridized carbons (Fsp3) is 0.0417. The van der Waals surface area contributed by atoms with Gasteiger partial charge in [0.15, 0.2) is 16.6 Å². The van der Waals surface area contributed by atoms with Crippen molar-refractivity contribution >= 4 is 28.9 Å². The second kappa shape index (κ2) is 8.52. The fourth-order valence-electron chi connectivity index (χ4n) is 3.36. The molecule has 5 rings (SSSR count). The molecule has 3 aromatic carbocycles. The molecule has 0 radical (unpaired) electrons. The summed E-state index contributed by atoms with van der Waals surface area (Å²) in [6.45, 7) is 0. The highest BCUT2D eigenvalue weighted by atomic mass is 32.1. The number of aromatic nitrogens is 2. The van der Waals surface area contributed by atoms with Gasteiger partial charge in [-0.05, 0) is 42.5 Å². The highest BCUT2D eigenvalue weighted by Gasteiger charge is 2.26. The molecule has 0 bridgehead atoms. The van der Waals surface area contributed by atoms with E-state index in [-0.39, 0.29) is 11.0 Å². The summed E-state index contributed by atoms with van der Waals surface area (Å²) in [7, 11) is 0. The maximum absolute atomic E-state index is 12.7. The van der Waals surface area contributed by atoms with Crippen molar-refractivity contribution in [2.45, 2.75) is 6.29 Å². The van der Waals surface area contributed by atoms with Crippen LogP contribution < -0.4 is 20.1 Å². The highest BCUT2D eigenvalue weighted by Crippen LogP contribution is 2.41. The lowest BCUT2D eigenvalue weighted by Crippen LogP contribution is -2.35. The molecule has 1 unspecified atom stereocenters. The Balaban J connectivity index is 1.25. The van der Waals surface area contributed by atoms with Crippen molar-refractivity contribution < 1.29 is 14.3 Å². The van der Waals surface area contributed by atoms with Crippen LogP contribution in [0.15, 0.2) is 91.1 Å². The lowest BCUT2D eigenvalue weighted by atomic mass is 10.2. The van der Waals surface area contributed by atoms with E-state index in [1.807, 2.05) is 66.7 Å². The van der Waals surface area contributed by atoms with Crippen LogP contribution in [0, 0.1) is 0 Å².